The van der Waals surface area contributed by atoms with E-state index >= 15 is 0 Å². The maximum Gasteiger partial charge on any atom is 0.0462 e. The van der Waals surface area contributed by atoms with Gasteiger partial charge >= 0.3 is 0 Å². The van der Waals surface area contributed by atoms with Crippen molar-refractivity contribution in [1.82, 2.24) is 5.43 Å². The second kappa shape index (κ2) is 6.35. The Morgan fingerprint density at radius 1 is 1.38 bits per heavy atom. The minimum absolute atomic E-state index is 0.337. The lowest BCUT2D eigenvalue weighted by Crippen LogP contribution is -2.38. The summed E-state index contributed by atoms with van der Waals surface area (Å²) in [5.74, 6) is 5.47. The Balaban J connectivity index is 3.63. The lowest BCUT2D eigenvalue weighted by atomic mass is 9.87. The Labute approximate surface area is 82.0 Å². The van der Waals surface area contributed by atoms with E-state index in [9.17, 15) is 0 Å². The Kier molecular flexibility index (Phi) is 6.29. The van der Waals surface area contributed by atoms with Crippen LogP contribution < -0.4 is 11.3 Å². The third kappa shape index (κ3) is 8.22. The molecular weight excluding hydrogens is 164 g/mol. The number of hydrazine groups is 1. The molecule has 1 atom stereocenters. The van der Waals surface area contributed by atoms with E-state index < -0.39 is 0 Å². The molecular formula is C10H24N2O. The molecule has 3 nitrogen and oxygen atoms in total. The fourth-order valence-corrected chi connectivity index (χ4v) is 1.46. The topological polar surface area (TPSA) is 47.3 Å². The minimum Gasteiger partial charge on any atom is -0.385 e. The molecule has 0 aliphatic carbocycles. The van der Waals surface area contributed by atoms with Gasteiger partial charge in [-0.3, -0.25) is 11.3 Å². The van der Waals surface area contributed by atoms with Crippen molar-refractivity contribution < 1.29 is 4.74 Å². The largest absolute Gasteiger partial charge is 0.385 e. The molecule has 13 heavy (non-hydrogen) atoms. The second-order valence-electron chi connectivity index (χ2n) is 4.76. The normalized spacial score (nSPS) is 14.5. The lowest BCUT2D eigenvalue weighted by Gasteiger charge is -2.25. The van der Waals surface area contributed by atoms with Crippen molar-refractivity contribution in [3.63, 3.8) is 0 Å². The van der Waals surface area contributed by atoms with Crippen molar-refractivity contribution in [3.8, 4) is 0 Å². The number of methoxy groups -OCH3 is 1. The second-order valence-corrected chi connectivity index (χ2v) is 4.76. The molecule has 80 valence electrons. The van der Waals surface area contributed by atoms with E-state index in [4.69, 9.17) is 10.6 Å². The van der Waals surface area contributed by atoms with Crippen molar-refractivity contribution in [2.24, 2.45) is 11.3 Å². The monoisotopic (exact) mass is 188 g/mol. The van der Waals surface area contributed by atoms with E-state index in [1.807, 2.05) is 0 Å². The molecule has 0 spiro atoms. The van der Waals surface area contributed by atoms with Crippen molar-refractivity contribution in [2.75, 3.05) is 13.7 Å². The number of hydrogen-bond acceptors (Lipinski definition) is 3. The van der Waals surface area contributed by atoms with Gasteiger partial charge in [0.25, 0.3) is 0 Å². The van der Waals surface area contributed by atoms with Gasteiger partial charge in [-0.05, 0) is 24.7 Å². The number of ether oxygens (including phenoxy) is 1. The first-order valence-corrected chi connectivity index (χ1v) is 4.94. The average molecular weight is 188 g/mol. The standard InChI is InChI=1S/C10H24N2O/c1-10(2,3)8-9(12-11)6-5-7-13-4/h9,12H,5-8,11H2,1-4H3. The molecule has 0 aliphatic rings. The first-order chi connectivity index (χ1) is 5.99. The fourth-order valence-electron chi connectivity index (χ4n) is 1.46. The van der Waals surface area contributed by atoms with Gasteiger partial charge in [0.1, 0.15) is 0 Å². The molecule has 0 aromatic heterocycles. The van der Waals surface area contributed by atoms with Crippen LogP contribution in [0.3, 0.4) is 0 Å². The van der Waals surface area contributed by atoms with Crippen molar-refractivity contribution in [2.45, 2.75) is 46.1 Å². The SMILES string of the molecule is COCCCC(CC(C)(C)C)NN. The summed E-state index contributed by atoms with van der Waals surface area (Å²) in [4.78, 5) is 0. The lowest BCUT2D eigenvalue weighted by molar-refractivity contribution is 0.184. The van der Waals surface area contributed by atoms with Gasteiger partial charge in [0.2, 0.25) is 0 Å². The summed E-state index contributed by atoms with van der Waals surface area (Å²) in [6.07, 6.45) is 3.26. The van der Waals surface area contributed by atoms with Gasteiger partial charge in [0.15, 0.2) is 0 Å². The van der Waals surface area contributed by atoms with E-state index in [-0.39, 0.29) is 0 Å². The zero-order valence-corrected chi connectivity index (χ0v) is 9.39. The van der Waals surface area contributed by atoms with E-state index in [1.54, 1.807) is 7.11 Å². The number of nitrogens with two attached hydrogens (primary N) is 1. The maximum absolute atomic E-state index is 5.47. The van der Waals surface area contributed by atoms with Crippen LogP contribution in [-0.4, -0.2) is 19.8 Å². The van der Waals surface area contributed by atoms with Crippen LogP contribution in [0.25, 0.3) is 0 Å². The summed E-state index contributed by atoms with van der Waals surface area (Å²) in [7, 11) is 1.73. The van der Waals surface area contributed by atoms with E-state index in [1.165, 1.54) is 0 Å². The highest BCUT2D eigenvalue weighted by Gasteiger charge is 2.16. The Hall–Kier alpha value is -0.120. The third-order valence-electron chi connectivity index (χ3n) is 2.00. The molecule has 0 fully saturated rings. The maximum atomic E-state index is 5.47. The highest BCUT2D eigenvalue weighted by Crippen LogP contribution is 2.22. The summed E-state index contributed by atoms with van der Waals surface area (Å²) >= 11 is 0. The van der Waals surface area contributed by atoms with Gasteiger partial charge in [-0.25, -0.2) is 0 Å². The third-order valence-corrected chi connectivity index (χ3v) is 2.00. The van der Waals surface area contributed by atoms with Crippen molar-refractivity contribution in [3.05, 3.63) is 0 Å². The van der Waals surface area contributed by atoms with Gasteiger partial charge in [-0.15, -0.1) is 0 Å². The molecule has 0 aromatic carbocycles. The molecule has 1 unspecified atom stereocenters. The summed E-state index contributed by atoms with van der Waals surface area (Å²) in [5, 5.41) is 0. The zero-order chi connectivity index (χ0) is 10.3. The van der Waals surface area contributed by atoms with Gasteiger partial charge in [0, 0.05) is 19.8 Å². The molecule has 0 bridgehead atoms. The fraction of sp³-hybridized carbons (Fsp3) is 1.00. The van der Waals surface area contributed by atoms with Crippen molar-refractivity contribution >= 4 is 0 Å². The molecule has 3 N–H and O–H groups in total. The van der Waals surface area contributed by atoms with Crippen LogP contribution in [-0.2, 0) is 4.74 Å². The smallest absolute Gasteiger partial charge is 0.0462 e. The highest BCUT2D eigenvalue weighted by atomic mass is 16.5. The molecule has 0 radical (unpaired) electrons. The van der Waals surface area contributed by atoms with Crippen LogP contribution >= 0.6 is 0 Å². The Morgan fingerprint density at radius 2 is 2.00 bits per heavy atom. The molecule has 3 heteroatoms. The molecule has 0 amide bonds. The molecule has 0 aromatic rings. The first-order valence-electron chi connectivity index (χ1n) is 4.94. The van der Waals surface area contributed by atoms with Crippen LogP contribution in [0.15, 0.2) is 0 Å². The average Bonchev–Trinajstić information content (AvgIpc) is 2.01. The highest BCUT2D eigenvalue weighted by molar-refractivity contribution is 4.72. The molecule has 0 saturated carbocycles. The van der Waals surface area contributed by atoms with Crippen LogP contribution in [0.2, 0.25) is 0 Å². The van der Waals surface area contributed by atoms with Crippen LogP contribution in [0.1, 0.15) is 40.0 Å². The van der Waals surface area contributed by atoms with E-state index in [0.717, 1.165) is 25.9 Å². The van der Waals surface area contributed by atoms with Crippen molar-refractivity contribution in [1.29, 1.82) is 0 Å². The molecule has 0 saturated heterocycles. The van der Waals surface area contributed by atoms with E-state index in [0.29, 0.717) is 11.5 Å². The first kappa shape index (κ1) is 12.9. The number of nitrogens with one attached hydrogen (secondary N) is 1. The van der Waals surface area contributed by atoms with E-state index in [2.05, 4.69) is 26.2 Å². The van der Waals surface area contributed by atoms with Gasteiger partial charge in [-0.1, -0.05) is 20.8 Å². The zero-order valence-electron chi connectivity index (χ0n) is 9.39. The molecule has 0 aliphatic heterocycles. The summed E-state index contributed by atoms with van der Waals surface area (Å²) < 4.78 is 5.00. The predicted molar refractivity (Wildman–Crippen MR) is 56.3 cm³/mol. The van der Waals surface area contributed by atoms with Crippen LogP contribution in [0.4, 0.5) is 0 Å². The molecule has 0 rings (SSSR count). The Bertz CT molecular complexity index is 121. The summed E-state index contributed by atoms with van der Waals surface area (Å²) in [6.45, 7) is 7.51. The number of hydrogen-bond donors (Lipinski definition) is 2. The predicted octanol–water partition coefficient (Wildman–Crippen LogP) is 1.68. The van der Waals surface area contributed by atoms with Gasteiger partial charge < -0.3 is 4.74 Å². The molecule has 0 heterocycles. The van der Waals surface area contributed by atoms with Gasteiger partial charge in [-0.2, -0.15) is 0 Å². The quantitative estimate of drug-likeness (QED) is 0.379. The van der Waals surface area contributed by atoms with Crippen LogP contribution in [0, 0.1) is 5.41 Å². The number of rotatable bonds is 6. The minimum atomic E-state index is 0.337. The Morgan fingerprint density at radius 3 is 2.38 bits per heavy atom. The summed E-state index contributed by atoms with van der Waals surface area (Å²) in [6, 6.07) is 0.412. The summed E-state index contributed by atoms with van der Waals surface area (Å²) in [5.41, 5.74) is 3.20. The van der Waals surface area contributed by atoms with Gasteiger partial charge in [0.05, 0.1) is 0 Å². The van der Waals surface area contributed by atoms with Crippen LogP contribution in [0.5, 0.6) is 0 Å².